The van der Waals surface area contributed by atoms with Crippen LogP contribution in [0.1, 0.15) is 49.1 Å². The number of carbonyl (C=O) groups excluding carboxylic acids is 1. The number of nitrogens with zero attached hydrogens (tertiary/aromatic N) is 2. The quantitative estimate of drug-likeness (QED) is 0.613. The highest BCUT2D eigenvalue weighted by molar-refractivity contribution is 7.10. The fraction of sp³-hybridized carbons (Fsp3) is 0.611. The molecule has 1 aliphatic rings. The molecular weight excluding hydrogens is 368 g/mol. The highest BCUT2D eigenvalue weighted by Gasteiger charge is 2.39. The van der Waals surface area contributed by atoms with E-state index in [0.29, 0.717) is 24.6 Å². The Hall–Kier alpha value is -1.69. The molecule has 1 atom stereocenters. The number of carbonyl (C=O) groups is 2. The first-order valence-electron chi connectivity index (χ1n) is 8.62. The highest BCUT2D eigenvalue weighted by Crippen LogP contribution is 2.37. The first-order chi connectivity index (χ1) is 12.0. The lowest BCUT2D eigenvalue weighted by molar-refractivity contribution is -0.128. The van der Waals surface area contributed by atoms with Gasteiger partial charge in [0.2, 0.25) is 5.91 Å². The molecule has 0 bridgehead atoms. The Morgan fingerprint density at radius 3 is 2.77 bits per heavy atom. The standard InChI is InChI=1S/C18H26N2O4SSi/c1-18(2,3)26(4,5)24-11-13-8-9-16(21)20(13)10-6-7-15-19-14(12-25-15)17(22)23/h12-13H,8-11H2,1-5H3,(H,22,23). The number of carboxylic acids is 1. The largest absolute Gasteiger partial charge is 0.476 e. The summed E-state index contributed by atoms with van der Waals surface area (Å²) in [6, 6.07) is 0.0526. The zero-order valence-corrected chi connectivity index (χ0v) is 17.8. The number of thiazole rings is 1. The molecule has 1 aliphatic heterocycles. The van der Waals surface area contributed by atoms with Crippen molar-refractivity contribution in [3.05, 3.63) is 16.1 Å². The minimum absolute atomic E-state index is 0.00260. The van der Waals surface area contributed by atoms with Crippen molar-refractivity contribution in [3.8, 4) is 11.8 Å². The van der Waals surface area contributed by atoms with Crippen molar-refractivity contribution in [3.63, 3.8) is 0 Å². The van der Waals surface area contributed by atoms with Gasteiger partial charge in [-0.3, -0.25) is 4.79 Å². The topological polar surface area (TPSA) is 79.7 Å². The van der Waals surface area contributed by atoms with Crippen molar-refractivity contribution in [1.82, 2.24) is 9.88 Å². The second kappa shape index (κ2) is 7.90. The van der Waals surface area contributed by atoms with Crippen LogP contribution in [0.15, 0.2) is 5.38 Å². The SMILES string of the molecule is CC(C)(C)[Si](C)(C)OCC1CCC(=O)N1CC#Cc1nc(C(=O)O)cs1. The molecule has 0 spiro atoms. The maximum absolute atomic E-state index is 12.2. The molecule has 6 nitrogen and oxygen atoms in total. The molecule has 142 valence electrons. The normalized spacial score (nSPS) is 18.0. The zero-order valence-electron chi connectivity index (χ0n) is 16.0. The van der Waals surface area contributed by atoms with Crippen LogP contribution < -0.4 is 0 Å². The van der Waals surface area contributed by atoms with Gasteiger partial charge in [0, 0.05) is 11.8 Å². The number of hydrogen-bond acceptors (Lipinski definition) is 5. The van der Waals surface area contributed by atoms with E-state index in [-0.39, 0.29) is 22.7 Å². The summed E-state index contributed by atoms with van der Waals surface area (Å²) in [5, 5.41) is 10.9. The van der Waals surface area contributed by atoms with E-state index in [2.05, 4.69) is 50.7 Å². The van der Waals surface area contributed by atoms with Crippen LogP contribution in [0, 0.1) is 11.8 Å². The van der Waals surface area contributed by atoms with E-state index < -0.39 is 14.3 Å². The fourth-order valence-corrected chi connectivity index (χ4v) is 4.04. The van der Waals surface area contributed by atoms with Gasteiger partial charge in [-0.25, -0.2) is 9.78 Å². The fourth-order valence-electron chi connectivity index (χ4n) is 2.33. The van der Waals surface area contributed by atoms with Crippen LogP contribution in [0.25, 0.3) is 0 Å². The van der Waals surface area contributed by atoms with Gasteiger partial charge in [0.1, 0.15) is 0 Å². The van der Waals surface area contributed by atoms with Gasteiger partial charge in [-0.05, 0) is 30.5 Å². The number of carboxylic acid groups (broad SMARTS) is 1. The summed E-state index contributed by atoms with van der Waals surface area (Å²) in [6.45, 7) is 11.9. The molecule has 0 aromatic carbocycles. The van der Waals surface area contributed by atoms with Gasteiger partial charge >= 0.3 is 5.97 Å². The summed E-state index contributed by atoms with van der Waals surface area (Å²) in [6.07, 6.45) is 1.31. The summed E-state index contributed by atoms with van der Waals surface area (Å²) in [4.78, 5) is 28.7. The van der Waals surface area contributed by atoms with Crippen molar-refractivity contribution < 1.29 is 19.1 Å². The van der Waals surface area contributed by atoms with E-state index in [9.17, 15) is 9.59 Å². The molecule has 1 unspecified atom stereocenters. The van der Waals surface area contributed by atoms with Gasteiger partial charge in [-0.2, -0.15) is 0 Å². The maximum Gasteiger partial charge on any atom is 0.355 e. The smallest absolute Gasteiger partial charge is 0.355 e. The average Bonchev–Trinajstić information content (AvgIpc) is 3.12. The number of likely N-dealkylation sites (tertiary alicyclic amines) is 1. The first-order valence-corrected chi connectivity index (χ1v) is 12.4. The number of rotatable bonds is 5. The molecule has 1 aromatic heterocycles. The van der Waals surface area contributed by atoms with Crippen molar-refractivity contribution >= 4 is 31.5 Å². The molecule has 1 fully saturated rings. The van der Waals surface area contributed by atoms with Crippen LogP contribution in [0.4, 0.5) is 0 Å². The molecule has 2 heterocycles. The highest BCUT2D eigenvalue weighted by atomic mass is 32.1. The monoisotopic (exact) mass is 394 g/mol. The average molecular weight is 395 g/mol. The third-order valence-electron chi connectivity index (χ3n) is 5.06. The van der Waals surface area contributed by atoms with Gasteiger partial charge in [-0.1, -0.05) is 26.7 Å². The van der Waals surface area contributed by atoms with E-state index in [1.807, 2.05) is 0 Å². The van der Waals surface area contributed by atoms with E-state index in [1.165, 1.54) is 16.7 Å². The summed E-state index contributed by atoms with van der Waals surface area (Å²) < 4.78 is 6.27. The Kier molecular flexibility index (Phi) is 6.27. The van der Waals surface area contributed by atoms with Crippen LogP contribution in [-0.2, 0) is 9.22 Å². The predicted octanol–water partition coefficient (Wildman–Crippen LogP) is 3.21. The molecule has 1 amide bonds. The van der Waals surface area contributed by atoms with E-state index in [1.54, 1.807) is 4.90 Å². The molecule has 0 aliphatic carbocycles. The van der Waals surface area contributed by atoms with Crippen molar-refractivity contribution in [1.29, 1.82) is 0 Å². The molecule has 1 saturated heterocycles. The number of amides is 1. The van der Waals surface area contributed by atoms with Crippen LogP contribution >= 0.6 is 11.3 Å². The molecule has 1 aromatic rings. The van der Waals surface area contributed by atoms with Crippen LogP contribution in [0.2, 0.25) is 18.1 Å². The van der Waals surface area contributed by atoms with Crippen molar-refractivity contribution in [2.45, 2.75) is 57.8 Å². The minimum atomic E-state index is -1.85. The molecule has 0 saturated carbocycles. The van der Waals surface area contributed by atoms with Gasteiger partial charge < -0.3 is 14.4 Å². The van der Waals surface area contributed by atoms with Crippen LogP contribution in [0.3, 0.4) is 0 Å². The van der Waals surface area contributed by atoms with Crippen molar-refractivity contribution in [2.75, 3.05) is 13.2 Å². The van der Waals surface area contributed by atoms with Gasteiger partial charge in [0.25, 0.3) is 0 Å². The Morgan fingerprint density at radius 1 is 1.50 bits per heavy atom. The summed E-state index contributed by atoms with van der Waals surface area (Å²) in [7, 11) is -1.85. The van der Waals surface area contributed by atoms with Crippen LogP contribution in [0.5, 0.6) is 0 Å². The molecule has 26 heavy (non-hydrogen) atoms. The van der Waals surface area contributed by atoms with Crippen molar-refractivity contribution in [2.24, 2.45) is 0 Å². The molecule has 2 rings (SSSR count). The van der Waals surface area contributed by atoms with Gasteiger partial charge in [0.05, 0.1) is 19.2 Å². The lowest BCUT2D eigenvalue weighted by atomic mass is 10.2. The summed E-state index contributed by atoms with van der Waals surface area (Å²) >= 11 is 1.19. The zero-order chi connectivity index (χ0) is 19.5. The van der Waals surface area contributed by atoms with E-state index >= 15 is 0 Å². The first kappa shape index (κ1) is 20.6. The van der Waals surface area contributed by atoms with Gasteiger partial charge in [0.15, 0.2) is 19.0 Å². The lowest BCUT2D eigenvalue weighted by Crippen LogP contribution is -2.45. The van der Waals surface area contributed by atoms with Crippen LogP contribution in [-0.4, -0.2) is 54.4 Å². The number of aromatic carboxylic acids is 1. The number of hydrogen-bond donors (Lipinski definition) is 1. The molecule has 0 radical (unpaired) electrons. The third kappa shape index (κ3) is 4.93. The summed E-state index contributed by atoms with van der Waals surface area (Å²) in [5.74, 6) is 4.83. The molecular formula is C18H26N2O4SSi. The summed E-state index contributed by atoms with van der Waals surface area (Å²) in [5.41, 5.74) is -0.00260. The predicted molar refractivity (Wildman–Crippen MR) is 104 cm³/mol. The van der Waals surface area contributed by atoms with E-state index in [4.69, 9.17) is 9.53 Å². The van der Waals surface area contributed by atoms with Gasteiger partial charge in [-0.15, -0.1) is 11.3 Å². The number of aromatic nitrogens is 1. The Bertz CT molecular complexity index is 742. The molecule has 1 N–H and O–H groups in total. The maximum atomic E-state index is 12.2. The Morgan fingerprint density at radius 2 is 2.19 bits per heavy atom. The molecule has 8 heteroatoms. The third-order valence-corrected chi connectivity index (χ3v) is 10.3. The second-order valence-corrected chi connectivity index (χ2v) is 13.6. The van der Waals surface area contributed by atoms with E-state index in [0.717, 1.165) is 6.42 Å². The second-order valence-electron chi connectivity index (χ2n) is 7.93. The Balaban J connectivity index is 1.97. The lowest BCUT2D eigenvalue weighted by Gasteiger charge is -2.37. The minimum Gasteiger partial charge on any atom is -0.476 e. The Labute approximate surface area is 159 Å².